The average Bonchev–Trinajstić information content (AvgIpc) is 2.89. The van der Waals surface area contributed by atoms with Crippen molar-refractivity contribution in [3.63, 3.8) is 0 Å². The summed E-state index contributed by atoms with van der Waals surface area (Å²) in [6, 6.07) is 25.2. The van der Waals surface area contributed by atoms with Gasteiger partial charge in [-0.25, -0.2) is 4.99 Å². The molecule has 1 heterocycles. The highest BCUT2D eigenvalue weighted by molar-refractivity contribution is 6.36. The Kier molecular flexibility index (Phi) is 3.47. The van der Waals surface area contributed by atoms with Crippen molar-refractivity contribution >= 4 is 23.1 Å². The van der Waals surface area contributed by atoms with E-state index in [0.29, 0.717) is 11.4 Å². The number of hydrogen-bond acceptors (Lipinski definition) is 2. The van der Waals surface area contributed by atoms with Crippen LogP contribution in [0, 0.1) is 6.92 Å². The van der Waals surface area contributed by atoms with Gasteiger partial charge in [0.1, 0.15) is 5.84 Å². The Balaban J connectivity index is 1.94. The van der Waals surface area contributed by atoms with Gasteiger partial charge in [0.25, 0.3) is 5.91 Å². The predicted octanol–water partition coefficient (Wildman–Crippen LogP) is 4.73. The maximum Gasteiger partial charge on any atom is 0.264 e. The molecule has 3 heteroatoms. The first kappa shape index (κ1) is 14.4. The Morgan fingerprint density at radius 3 is 2.12 bits per heavy atom. The molecule has 3 aromatic rings. The van der Waals surface area contributed by atoms with E-state index in [4.69, 9.17) is 4.99 Å². The maximum absolute atomic E-state index is 13.0. The number of hydrogen-bond donors (Lipinski definition) is 0. The lowest BCUT2D eigenvalue weighted by Gasteiger charge is -2.19. The smallest absolute Gasteiger partial charge is 0.264 e. The van der Waals surface area contributed by atoms with E-state index in [2.05, 4.69) is 0 Å². The first-order valence-corrected chi connectivity index (χ1v) is 7.89. The zero-order valence-electron chi connectivity index (χ0n) is 13.3. The molecule has 0 bridgehead atoms. The molecule has 0 saturated heterocycles. The molecule has 4 rings (SSSR count). The minimum absolute atomic E-state index is 0.0328. The van der Waals surface area contributed by atoms with Gasteiger partial charge in [0.15, 0.2) is 0 Å². The molecule has 1 amide bonds. The predicted molar refractivity (Wildman–Crippen MR) is 97.1 cm³/mol. The van der Waals surface area contributed by atoms with E-state index in [-0.39, 0.29) is 5.91 Å². The van der Waals surface area contributed by atoms with Crippen molar-refractivity contribution in [3.05, 3.63) is 95.6 Å². The maximum atomic E-state index is 13.0. The van der Waals surface area contributed by atoms with E-state index in [0.717, 1.165) is 22.5 Å². The molecule has 1 aliphatic rings. The Bertz CT molecular complexity index is 945. The quantitative estimate of drug-likeness (QED) is 0.673. The second-order valence-corrected chi connectivity index (χ2v) is 5.74. The number of para-hydroxylation sites is 2. The standard InChI is InChI=1S/C21H16N2O/c1-15-9-5-8-14-19(15)23-20(22-16-10-3-2-4-11-16)17-12-6-7-13-18(17)21(23)24/h2-14H,1H3. The summed E-state index contributed by atoms with van der Waals surface area (Å²) < 4.78 is 0. The van der Waals surface area contributed by atoms with Crippen LogP contribution in [0.1, 0.15) is 21.5 Å². The molecular formula is C21H16N2O. The highest BCUT2D eigenvalue weighted by atomic mass is 16.2. The van der Waals surface area contributed by atoms with E-state index >= 15 is 0 Å². The molecule has 0 fully saturated rings. The summed E-state index contributed by atoms with van der Waals surface area (Å²) in [7, 11) is 0. The molecule has 116 valence electrons. The van der Waals surface area contributed by atoms with Gasteiger partial charge in [-0.2, -0.15) is 0 Å². The van der Waals surface area contributed by atoms with Gasteiger partial charge in [-0.1, -0.05) is 54.6 Å². The number of aryl methyl sites for hydroxylation is 1. The second-order valence-electron chi connectivity index (χ2n) is 5.74. The molecule has 0 radical (unpaired) electrons. The van der Waals surface area contributed by atoms with Crippen LogP contribution in [0.25, 0.3) is 0 Å². The molecule has 1 aliphatic heterocycles. The molecule has 0 aliphatic carbocycles. The number of benzene rings is 3. The first-order valence-electron chi connectivity index (χ1n) is 7.89. The minimum atomic E-state index is -0.0328. The number of aliphatic imine (C=N–C) groups is 1. The van der Waals surface area contributed by atoms with Crippen LogP contribution in [-0.4, -0.2) is 11.7 Å². The summed E-state index contributed by atoms with van der Waals surface area (Å²) in [5.41, 5.74) is 4.30. The van der Waals surface area contributed by atoms with E-state index in [1.165, 1.54) is 0 Å². The normalized spacial score (nSPS) is 15.0. The van der Waals surface area contributed by atoms with Crippen molar-refractivity contribution in [1.82, 2.24) is 0 Å². The van der Waals surface area contributed by atoms with Gasteiger partial charge in [0.05, 0.1) is 16.9 Å². The van der Waals surface area contributed by atoms with Gasteiger partial charge in [0, 0.05) is 5.56 Å². The van der Waals surface area contributed by atoms with Gasteiger partial charge in [0.2, 0.25) is 0 Å². The molecule has 0 unspecified atom stereocenters. The van der Waals surface area contributed by atoms with Gasteiger partial charge in [-0.05, 0) is 36.8 Å². The highest BCUT2D eigenvalue weighted by Gasteiger charge is 2.35. The van der Waals surface area contributed by atoms with Gasteiger partial charge >= 0.3 is 0 Å². The Morgan fingerprint density at radius 2 is 1.38 bits per heavy atom. The molecule has 24 heavy (non-hydrogen) atoms. The molecule has 0 spiro atoms. The summed E-state index contributed by atoms with van der Waals surface area (Å²) in [5.74, 6) is 0.644. The number of anilines is 1. The first-order chi connectivity index (χ1) is 11.8. The van der Waals surface area contributed by atoms with Crippen LogP contribution in [-0.2, 0) is 0 Å². The summed E-state index contributed by atoms with van der Waals surface area (Å²) in [6.07, 6.45) is 0. The monoisotopic (exact) mass is 312 g/mol. The van der Waals surface area contributed by atoms with Crippen LogP contribution >= 0.6 is 0 Å². The zero-order chi connectivity index (χ0) is 16.5. The van der Waals surface area contributed by atoms with Crippen molar-refractivity contribution in [2.75, 3.05) is 4.90 Å². The zero-order valence-corrected chi connectivity index (χ0v) is 13.3. The molecule has 0 N–H and O–H groups in total. The molecule has 0 saturated carbocycles. The molecule has 3 nitrogen and oxygen atoms in total. The third-order valence-corrected chi connectivity index (χ3v) is 4.16. The molecular weight excluding hydrogens is 296 g/mol. The van der Waals surface area contributed by atoms with Crippen molar-refractivity contribution < 1.29 is 4.79 Å². The minimum Gasteiger partial charge on any atom is -0.268 e. The number of carbonyl (C=O) groups excluding carboxylic acids is 1. The summed E-state index contributed by atoms with van der Waals surface area (Å²) >= 11 is 0. The van der Waals surface area contributed by atoms with Crippen molar-refractivity contribution in [2.24, 2.45) is 4.99 Å². The van der Waals surface area contributed by atoms with Gasteiger partial charge in [-0.15, -0.1) is 0 Å². The second kappa shape index (κ2) is 5.78. The SMILES string of the molecule is Cc1ccccc1N1C(=O)c2ccccc2C1=Nc1ccccc1. The van der Waals surface area contributed by atoms with Crippen molar-refractivity contribution in [1.29, 1.82) is 0 Å². The molecule has 3 aromatic carbocycles. The van der Waals surface area contributed by atoms with Crippen LogP contribution < -0.4 is 4.90 Å². The fourth-order valence-corrected chi connectivity index (χ4v) is 2.97. The summed E-state index contributed by atoms with van der Waals surface area (Å²) in [6.45, 7) is 2.01. The highest BCUT2D eigenvalue weighted by Crippen LogP contribution is 2.32. The van der Waals surface area contributed by atoms with Crippen LogP contribution in [0.4, 0.5) is 11.4 Å². The van der Waals surface area contributed by atoms with Crippen molar-refractivity contribution in [3.8, 4) is 0 Å². The lowest BCUT2D eigenvalue weighted by atomic mass is 10.1. The topological polar surface area (TPSA) is 32.7 Å². The van der Waals surface area contributed by atoms with Gasteiger partial charge < -0.3 is 0 Å². The lowest BCUT2D eigenvalue weighted by molar-refractivity contribution is 0.101. The Hall–Kier alpha value is -3.20. The number of carbonyl (C=O) groups is 1. The number of fused-ring (bicyclic) bond motifs is 1. The largest absolute Gasteiger partial charge is 0.268 e. The number of rotatable bonds is 2. The molecule has 0 aromatic heterocycles. The third kappa shape index (κ3) is 2.31. The Labute approximate surface area is 140 Å². The van der Waals surface area contributed by atoms with Crippen molar-refractivity contribution in [2.45, 2.75) is 6.92 Å². The average molecular weight is 312 g/mol. The third-order valence-electron chi connectivity index (χ3n) is 4.16. The van der Waals surface area contributed by atoms with Crippen LogP contribution in [0.3, 0.4) is 0 Å². The Morgan fingerprint density at radius 1 is 0.750 bits per heavy atom. The molecule has 0 atom stereocenters. The number of amides is 1. The van der Waals surface area contributed by atoms with Crippen LogP contribution in [0.2, 0.25) is 0 Å². The van der Waals surface area contributed by atoms with Crippen LogP contribution in [0.5, 0.6) is 0 Å². The van der Waals surface area contributed by atoms with E-state index in [9.17, 15) is 4.79 Å². The van der Waals surface area contributed by atoms with Crippen LogP contribution in [0.15, 0.2) is 83.9 Å². The van der Waals surface area contributed by atoms with E-state index < -0.39 is 0 Å². The van der Waals surface area contributed by atoms with E-state index in [1.54, 1.807) is 4.90 Å². The number of nitrogens with zero attached hydrogens (tertiary/aromatic N) is 2. The van der Waals surface area contributed by atoms with Gasteiger partial charge in [-0.3, -0.25) is 9.69 Å². The summed E-state index contributed by atoms with van der Waals surface area (Å²) in [5, 5.41) is 0. The fourth-order valence-electron chi connectivity index (χ4n) is 2.97. The summed E-state index contributed by atoms with van der Waals surface area (Å²) in [4.78, 5) is 19.5. The lowest BCUT2D eigenvalue weighted by Crippen LogP contribution is -2.30. The fraction of sp³-hybridized carbons (Fsp3) is 0.0476. The number of amidine groups is 1. The van der Waals surface area contributed by atoms with E-state index in [1.807, 2.05) is 85.8 Å².